The molecule has 17 heavy (non-hydrogen) atoms. The molecule has 2 aliphatic rings. The topological polar surface area (TPSA) is 63.6 Å². The van der Waals surface area contributed by atoms with E-state index in [4.69, 9.17) is 4.74 Å². The molecule has 2 rings (SSSR count). The first-order valence-electron chi connectivity index (χ1n) is 5.41. The fraction of sp³-hybridized carbons (Fsp3) is 0.385. The van der Waals surface area contributed by atoms with Crippen molar-refractivity contribution >= 4 is 11.8 Å². The maximum atomic E-state index is 12.0. The normalized spacial score (nSPS) is 27.6. The quantitative estimate of drug-likeness (QED) is 0.555. The third kappa shape index (κ3) is 1.60. The minimum Gasteiger partial charge on any atom is -0.504 e. The number of rotatable bonds is 1. The number of carbonyl (C=O) groups is 2. The average Bonchev–Trinajstić information content (AvgIpc) is 2.33. The molecule has 1 unspecified atom stereocenters. The number of ketones is 1. The van der Waals surface area contributed by atoms with Crippen LogP contribution in [0.1, 0.15) is 19.8 Å². The maximum absolute atomic E-state index is 12.0. The van der Waals surface area contributed by atoms with E-state index in [1.807, 2.05) is 13.0 Å². The van der Waals surface area contributed by atoms with Crippen LogP contribution in [0.25, 0.3) is 0 Å². The van der Waals surface area contributed by atoms with Gasteiger partial charge in [0.25, 0.3) is 0 Å². The number of hydrogen-bond acceptors (Lipinski definition) is 4. The molecule has 90 valence electrons. The van der Waals surface area contributed by atoms with Crippen LogP contribution in [0.5, 0.6) is 0 Å². The molecule has 0 aromatic heterocycles. The van der Waals surface area contributed by atoms with Gasteiger partial charge in [-0.05, 0) is 25.8 Å². The molecule has 1 atom stereocenters. The number of aliphatic hydroxyl groups excluding tert-OH is 1. The van der Waals surface area contributed by atoms with Gasteiger partial charge in [0.05, 0.1) is 7.11 Å². The third-order valence-electron chi connectivity index (χ3n) is 3.34. The number of hydrogen-bond donors (Lipinski definition) is 1. The second-order valence-corrected chi connectivity index (χ2v) is 4.42. The Hall–Kier alpha value is -1.84. The fourth-order valence-electron chi connectivity index (χ4n) is 2.44. The van der Waals surface area contributed by atoms with Crippen molar-refractivity contribution < 1.29 is 19.4 Å². The predicted octanol–water partition coefficient (Wildman–Crippen LogP) is 1.84. The Balaban J connectivity index is 2.59. The van der Waals surface area contributed by atoms with Crippen LogP contribution in [0.15, 0.2) is 35.1 Å². The van der Waals surface area contributed by atoms with Gasteiger partial charge in [0, 0.05) is 5.57 Å². The van der Waals surface area contributed by atoms with E-state index in [9.17, 15) is 14.7 Å². The van der Waals surface area contributed by atoms with Gasteiger partial charge in [-0.1, -0.05) is 17.7 Å². The van der Waals surface area contributed by atoms with E-state index in [0.717, 1.165) is 5.57 Å². The van der Waals surface area contributed by atoms with Gasteiger partial charge < -0.3 is 9.84 Å². The van der Waals surface area contributed by atoms with Crippen molar-refractivity contribution in [2.75, 3.05) is 7.11 Å². The van der Waals surface area contributed by atoms with Crippen LogP contribution in [-0.2, 0) is 14.3 Å². The smallest absolute Gasteiger partial charge is 0.320 e. The lowest BCUT2D eigenvalue weighted by molar-refractivity contribution is -0.148. The third-order valence-corrected chi connectivity index (χ3v) is 3.34. The van der Waals surface area contributed by atoms with Crippen molar-refractivity contribution in [3.63, 3.8) is 0 Å². The summed E-state index contributed by atoms with van der Waals surface area (Å²) in [6.45, 7) is 1.92. The Morgan fingerprint density at radius 3 is 2.88 bits per heavy atom. The molecule has 0 aliphatic heterocycles. The van der Waals surface area contributed by atoms with Gasteiger partial charge in [-0.25, -0.2) is 0 Å². The summed E-state index contributed by atoms with van der Waals surface area (Å²) in [5.41, 5.74) is 0.499. The maximum Gasteiger partial charge on any atom is 0.320 e. The largest absolute Gasteiger partial charge is 0.504 e. The molecule has 0 heterocycles. The summed E-state index contributed by atoms with van der Waals surface area (Å²) in [5.74, 6) is -1.20. The highest BCUT2D eigenvalue weighted by molar-refractivity contribution is 6.06. The Labute approximate surface area is 99.3 Å². The highest BCUT2D eigenvalue weighted by Gasteiger charge is 2.46. The summed E-state index contributed by atoms with van der Waals surface area (Å²) in [6, 6.07) is 0. The first-order valence-corrected chi connectivity index (χ1v) is 5.41. The number of aliphatic hydroxyl groups is 1. The van der Waals surface area contributed by atoms with Gasteiger partial charge >= 0.3 is 5.97 Å². The molecule has 0 aromatic carbocycles. The first-order chi connectivity index (χ1) is 8.01. The Morgan fingerprint density at radius 1 is 1.53 bits per heavy atom. The molecule has 0 amide bonds. The molecule has 0 saturated heterocycles. The van der Waals surface area contributed by atoms with Crippen LogP contribution in [-0.4, -0.2) is 24.0 Å². The molecule has 1 N–H and O–H groups in total. The molecular formula is C13H14O4. The van der Waals surface area contributed by atoms with Gasteiger partial charge in [0.15, 0.2) is 5.76 Å². The van der Waals surface area contributed by atoms with Crippen molar-refractivity contribution in [3.05, 3.63) is 35.1 Å². The average molecular weight is 234 g/mol. The zero-order valence-corrected chi connectivity index (χ0v) is 9.82. The summed E-state index contributed by atoms with van der Waals surface area (Å²) in [7, 11) is 1.31. The van der Waals surface area contributed by atoms with Crippen molar-refractivity contribution in [2.45, 2.75) is 19.8 Å². The number of carbonyl (C=O) groups excluding carboxylic acids is 2. The summed E-state index contributed by atoms with van der Waals surface area (Å²) in [4.78, 5) is 23.4. The minimum atomic E-state index is -0.994. The summed E-state index contributed by atoms with van der Waals surface area (Å²) >= 11 is 0. The predicted molar refractivity (Wildman–Crippen MR) is 61.2 cm³/mol. The molecule has 4 nitrogen and oxygen atoms in total. The lowest BCUT2D eigenvalue weighted by Crippen LogP contribution is -2.38. The fourth-order valence-corrected chi connectivity index (χ4v) is 2.44. The number of esters is 1. The second kappa shape index (κ2) is 3.87. The van der Waals surface area contributed by atoms with E-state index < -0.39 is 17.2 Å². The number of methoxy groups -OCH3 is 1. The molecule has 0 radical (unpaired) electrons. The van der Waals surface area contributed by atoms with E-state index in [0.29, 0.717) is 18.4 Å². The Kier molecular flexibility index (Phi) is 2.65. The lowest BCUT2D eigenvalue weighted by Gasteiger charge is -2.35. The molecule has 0 bridgehead atoms. The number of allylic oxidation sites excluding steroid dienone is 3. The number of fused-ring (bicyclic) bond motifs is 1. The van der Waals surface area contributed by atoms with E-state index >= 15 is 0 Å². The zero-order valence-electron chi connectivity index (χ0n) is 9.82. The molecule has 0 saturated carbocycles. The monoisotopic (exact) mass is 234 g/mol. The van der Waals surface area contributed by atoms with Crippen LogP contribution < -0.4 is 0 Å². The standard InChI is InChI=1S/C13H14O4/c1-8-3-4-9-11(15)10(14)5-6-13(9,7-8)12(16)17-2/h3,5-6,15H,4,7H2,1-2H3. The van der Waals surface area contributed by atoms with Crippen LogP contribution in [0, 0.1) is 5.41 Å². The first kappa shape index (κ1) is 11.6. The van der Waals surface area contributed by atoms with Crippen molar-refractivity contribution in [3.8, 4) is 0 Å². The van der Waals surface area contributed by atoms with Crippen LogP contribution >= 0.6 is 0 Å². The van der Waals surface area contributed by atoms with Crippen LogP contribution in [0.4, 0.5) is 0 Å². The summed E-state index contributed by atoms with van der Waals surface area (Å²) in [5, 5.41) is 9.81. The minimum absolute atomic E-state index is 0.318. The second-order valence-electron chi connectivity index (χ2n) is 4.42. The van der Waals surface area contributed by atoms with Gasteiger partial charge in [-0.3, -0.25) is 9.59 Å². The SMILES string of the molecule is COC(=O)C12C=CC(=O)C(O)=C1CC=C(C)C2. The van der Waals surface area contributed by atoms with Crippen molar-refractivity contribution in [1.29, 1.82) is 0 Å². The van der Waals surface area contributed by atoms with E-state index in [-0.39, 0.29) is 5.76 Å². The molecule has 4 heteroatoms. The van der Waals surface area contributed by atoms with E-state index in [1.165, 1.54) is 13.2 Å². The zero-order chi connectivity index (χ0) is 12.6. The number of ether oxygens (including phenoxy) is 1. The lowest BCUT2D eigenvalue weighted by atomic mass is 9.67. The van der Waals surface area contributed by atoms with Crippen LogP contribution in [0.3, 0.4) is 0 Å². The van der Waals surface area contributed by atoms with Crippen molar-refractivity contribution in [1.82, 2.24) is 0 Å². The van der Waals surface area contributed by atoms with Gasteiger partial charge in [-0.15, -0.1) is 0 Å². The molecular weight excluding hydrogens is 220 g/mol. The van der Waals surface area contributed by atoms with Crippen LogP contribution in [0.2, 0.25) is 0 Å². The van der Waals surface area contributed by atoms with Crippen molar-refractivity contribution in [2.24, 2.45) is 5.41 Å². The van der Waals surface area contributed by atoms with Gasteiger partial charge in [0.1, 0.15) is 5.41 Å². The van der Waals surface area contributed by atoms with E-state index in [2.05, 4.69) is 0 Å². The summed E-state index contributed by atoms with van der Waals surface area (Å²) in [6.07, 6.45) is 5.56. The molecule has 0 spiro atoms. The molecule has 2 aliphatic carbocycles. The van der Waals surface area contributed by atoms with Gasteiger partial charge in [0.2, 0.25) is 5.78 Å². The van der Waals surface area contributed by atoms with E-state index in [1.54, 1.807) is 6.08 Å². The molecule has 0 fully saturated rings. The molecule has 0 aromatic rings. The summed E-state index contributed by atoms with van der Waals surface area (Å²) < 4.78 is 4.81. The van der Waals surface area contributed by atoms with Gasteiger partial charge in [-0.2, -0.15) is 0 Å². The Morgan fingerprint density at radius 2 is 2.24 bits per heavy atom. The highest BCUT2D eigenvalue weighted by atomic mass is 16.5. The Bertz CT molecular complexity index is 482. The highest BCUT2D eigenvalue weighted by Crippen LogP contribution is 2.46.